The van der Waals surface area contributed by atoms with Crippen LogP contribution >= 0.6 is 0 Å². The third kappa shape index (κ3) is 4.55. The average Bonchev–Trinajstić information content (AvgIpc) is 3.01. The van der Waals surface area contributed by atoms with Crippen LogP contribution in [0.15, 0.2) is 36.7 Å². The number of nitro groups is 1. The van der Waals surface area contributed by atoms with E-state index in [9.17, 15) is 14.9 Å². The lowest BCUT2D eigenvalue weighted by molar-refractivity contribution is -0.385. The van der Waals surface area contributed by atoms with Gasteiger partial charge in [0.25, 0.3) is 0 Å². The second-order valence-corrected chi connectivity index (χ2v) is 5.37. The number of amides is 1. The first-order chi connectivity index (χ1) is 11.5. The van der Waals surface area contributed by atoms with Crippen LogP contribution in [-0.2, 0) is 11.3 Å². The van der Waals surface area contributed by atoms with E-state index in [1.807, 2.05) is 12.1 Å². The second kappa shape index (κ2) is 8.09. The molecule has 0 aliphatic rings. The Balaban J connectivity index is 1.82. The molecule has 1 heterocycles. The number of likely N-dealkylation sites (N-methyl/N-ethyl adjacent to an activating group) is 1. The van der Waals surface area contributed by atoms with Crippen molar-refractivity contribution in [1.82, 2.24) is 15.1 Å². The number of para-hydroxylation sites is 1. The molecular formula is C16H21N5O3. The number of aryl methyl sites for hydroxylation is 1. The summed E-state index contributed by atoms with van der Waals surface area (Å²) in [7, 11) is 0. The van der Waals surface area contributed by atoms with Gasteiger partial charge in [-0.25, -0.2) is 0 Å². The van der Waals surface area contributed by atoms with Crippen molar-refractivity contribution < 1.29 is 9.72 Å². The monoisotopic (exact) mass is 331 g/mol. The second-order valence-electron chi connectivity index (χ2n) is 5.37. The van der Waals surface area contributed by atoms with Crippen molar-refractivity contribution in [2.75, 3.05) is 24.5 Å². The molecule has 1 aromatic carbocycles. The van der Waals surface area contributed by atoms with Crippen LogP contribution in [0.4, 0.5) is 11.4 Å². The molecule has 1 amide bonds. The molecule has 0 atom stereocenters. The molecule has 0 spiro atoms. The Morgan fingerprint density at radius 2 is 2.17 bits per heavy atom. The molecule has 0 saturated carbocycles. The van der Waals surface area contributed by atoms with Gasteiger partial charge in [-0.2, -0.15) is 5.10 Å². The molecule has 1 aromatic heterocycles. The minimum absolute atomic E-state index is 0.0374. The van der Waals surface area contributed by atoms with Crippen molar-refractivity contribution in [3.05, 3.63) is 52.3 Å². The molecule has 24 heavy (non-hydrogen) atoms. The van der Waals surface area contributed by atoms with Crippen molar-refractivity contribution in [2.24, 2.45) is 0 Å². The van der Waals surface area contributed by atoms with E-state index in [-0.39, 0.29) is 18.1 Å². The van der Waals surface area contributed by atoms with Crippen LogP contribution in [0.25, 0.3) is 0 Å². The van der Waals surface area contributed by atoms with Crippen LogP contribution in [-0.4, -0.2) is 40.2 Å². The van der Waals surface area contributed by atoms with E-state index >= 15 is 0 Å². The topological polar surface area (TPSA) is 93.3 Å². The number of nitrogens with one attached hydrogen (secondary N) is 1. The summed E-state index contributed by atoms with van der Waals surface area (Å²) >= 11 is 0. The quantitative estimate of drug-likeness (QED) is 0.587. The highest BCUT2D eigenvalue weighted by Gasteiger charge is 2.11. The average molecular weight is 331 g/mol. The van der Waals surface area contributed by atoms with Crippen LogP contribution in [0.3, 0.4) is 0 Å². The van der Waals surface area contributed by atoms with E-state index in [0.29, 0.717) is 13.1 Å². The number of nitrogens with zero attached hydrogens (tertiary/aromatic N) is 4. The van der Waals surface area contributed by atoms with Crippen LogP contribution < -0.4 is 10.2 Å². The Labute approximate surface area is 140 Å². The molecule has 2 aromatic rings. The predicted molar refractivity (Wildman–Crippen MR) is 91.0 cm³/mol. The highest BCUT2D eigenvalue weighted by Crippen LogP contribution is 2.18. The lowest BCUT2D eigenvalue weighted by atomic mass is 10.2. The Morgan fingerprint density at radius 3 is 2.79 bits per heavy atom. The first-order valence-electron chi connectivity index (χ1n) is 7.75. The first kappa shape index (κ1) is 17.5. The molecule has 0 aliphatic heterocycles. The van der Waals surface area contributed by atoms with Gasteiger partial charge in [-0.3, -0.25) is 19.6 Å². The molecule has 8 heteroatoms. The van der Waals surface area contributed by atoms with E-state index in [1.165, 1.54) is 16.4 Å². The summed E-state index contributed by atoms with van der Waals surface area (Å²) in [6.07, 6.45) is 2.37. The van der Waals surface area contributed by atoms with Crippen molar-refractivity contribution in [2.45, 2.75) is 20.4 Å². The Hall–Kier alpha value is -2.90. The fourth-order valence-corrected chi connectivity index (χ4v) is 2.43. The molecule has 8 nitrogen and oxygen atoms in total. The predicted octanol–water partition coefficient (Wildman–Crippen LogP) is 1.74. The number of hydrogen-bond acceptors (Lipinski definition) is 5. The molecule has 2 rings (SSSR count). The lowest BCUT2D eigenvalue weighted by Gasteiger charge is -2.25. The Bertz CT molecular complexity index is 713. The molecule has 1 N–H and O–H groups in total. The number of rotatable bonds is 8. The smallest absolute Gasteiger partial charge is 0.307 e. The zero-order valence-electron chi connectivity index (χ0n) is 13.8. The molecule has 0 unspecified atom stereocenters. The zero-order chi connectivity index (χ0) is 17.5. The fraction of sp³-hybridized carbons (Fsp3) is 0.375. The van der Waals surface area contributed by atoms with E-state index in [1.54, 1.807) is 0 Å². The zero-order valence-corrected chi connectivity index (χ0v) is 13.8. The van der Waals surface area contributed by atoms with Crippen LogP contribution in [0.1, 0.15) is 12.5 Å². The molecule has 0 fully saturated rings. The third-order valence-corrected chi connectivity index (χ3v) is 3.68. The van der Waals surface area contributed by atoms with Gasteiger partial charge in [0.15, 0.2) is 0 Å². The summed E-state index contributed by atoms with van der Waals surface area (Å²) in [6.45, 7) is 6.10. The van der Waals surface area contributed by atoms with Crippen molar-refractivity contribution >= 4 is 17.3 Å². The summed E-state index contributed by atoms with van der Waals surface area (Å²) < 4.78 is 1.26. The summed E-state index contributed by atoms with van der Waals surface area (Å²) in [5.74, 6) is -0.228. The number of benzene rings is 1. The number of aromatic nitrogens is 2. The van der Waals surface area contributed by atoms with Crippen LogP contribution in [0, 0.1) is 17.0 Å². The fourth-order valence-electron chi connectivity index (χ4n) is 2.43. The lowest BCUT2D eigenvalue weighted by Crippen LogP contribution is -2.36. The molecular weight excluding hydrogens is 310 g/mol. The minimum atomic E-state index is -0.539. The van der Waals surface area contributed by atoms with Gasteiger partial charge in [0, 0.05) is 25.3 Å². The molecule has 0 bridgehead atoms. The number of carbonyl (C=O) groups is 1. The van der Waals surface area contributed by atoms with Gasteiger partial charge in [0.2, 0.25) is 5.91 Å². The van der Waals surface area contributed by atoms with Crippen molar-refractivity contribution in [3.63, 3.8) is 0 Å². The van der Waals surface area contributed by atoms with Crippen LogP contribution in [0.5, 0.6) is 0 Å². The molecule has 0 saturated heterocycles. The highest BCUT2D eigenvalue weighted by molar-refractivity contribution is 5.75. The molecule has 0 aliphatic carbocycles. The number of carbonyl (C=O) groups excluding carboxylic acids is 1. The number of hydrogen-bond donors (Lipinski definition) is 1. The first-order valence-corrected chi connectivity index (χ1v) is 7.75. The Morgan fingerprint density at radius 1 is 1.42 bits per heavy atom. The molecule has 0 radical (unpaired) electrons. The maximum Gasteiger partial charge on any atom is 0.307 e. The summed E-state index contributed by atoms with van der Waals surface area (Å²) in [6, 6.07) is 8.11. The van der Waals surface area contributed by atoms with E-state index in [4.69, 9.17) is 0 Å². The SMILES string of the molecule is CCN(CCNC(=O)Cn1cc([N+](=O)[O-])cn1)c1ccccc1C. The maximum atomic E-state index is 11.9. The van der Waals surface area contributed by atoms with Crippen LogP contribution in [0.2, 0.25) is 0 Å². The Kier molecular flexibility index (Phi) is 5.89. The molecule has 128 valence electrons. The standard InChI is InChI=1S/C16H21N5O3/c1-3-19(15-7-5-4-6-13(15)2)9-8-17-16(22)12-20-11-14(10-18-20)21(23)24/h4-7,10-11H,3,8-9,12H2,1-2H3,(H,17,22). The largest absolute Gasteiger partial charge is 0.370 e. The minimum Gasteiger partial charge on any atom is -0.370 e. The van der Waals surface area contributed by atoms with E-state index in [0.717, 1.165) is 18.4 Å². The van der Waals surface area contributed by atoms with E-state index < -0.39 is 4.92 Å². The third-order valence-electron chi connectivity index (χ3n) is 3.68. The normalized spacial score (nSPS) is 10.4. The van der Waals surface area contributed by atoms with Gasteiger partial charge in [-0.1, -0.05) is 18.2 Å². The van der Waals surface area contributed by atoms with Crippen molar-refractivity contribution in [1.29, 1.82) is 0 Å². The summed E-state index contributed by atoms with van der Waals surface area (Å²) in [5.41, 5.74) is 2.21. The van der Waals surface area contributed by atoms with Gasteiger partial charge < -0.3 is 10.2 Å². The van der Waals surface area contributed by atoms with Gasteiger partial charge in [-0.15, -0.1) is 0 Å². The number of anilines is 1. The van der Waals surface area contributed by atoms with Gasteiger partial charge in [0.1, 0.15) is 18.9 Å². The van der Waals surface area contributed by atoms with Gasteiger partial charge in [-0.05, 0) is 25.5 Å². The summed E-state index contributed by atoms with van der Waals surface area (Å²) in [4.78, 5) is 24.1. The van der Waals surface area contributed by atoms with E-state index in [2.05, 4.69) is 41.3 Å². The maximum absolute atomic E-state index is 11.9. The van der Waals surface area contributed by atoms with Crippen molar-refractivity contribution in [3.8, 4) is 0 Å². The highest BCUT2D eigenvalue weighted by atomic mass is 16.6. The van der Waals surface area contributed by atoms with Gasteiger partial charge >= 0.3 is 5.69 Å². The summed E-state index contributed by atoms with van der Waals surface area (Å²) in [5, 5.41) is 17.2. The van der Waals surface area contributed by atoms with Gasteiger partial charge in [0.05, 0.1) is 4.92 Å².